The Hall–Kier alpha value is -0.380. The van der Waals surface area contributed by atoms with Gasteiger partial charge in [-0.05, 0) is 0 Å². The zero-order valence-electron chi connectivity index (χ0n) is 5.79. The number of rotatable bonds is 2. The maximum absolute atomic E-state index is 10.2. The molecule has 0 aliphatic carbocycles. The average molecular weight is 149 g/mol. The monoisotopic (exact) mass is 149 g/mol. The summed E-state index contributed by atoms with van der Waals surface area (Å²) >= 11 is 0. The van der Waals surface area contributed by atoms with E-state index in [0.29, 0.717) is 0 Å². The molecule has 0 aliphatic rings. The van der Waals surface area contributed by atoms with Gasteiger partial charge in [0.2, 0.25) is 0 Å². The third-order valence-corrected chi connectivity index (χ3v) is 0.535. The summed E-state index contributed by atoms with van der Waals surface area (Å²) in [6.45, 7) is 6.17. The van der Waals surface area contributed by atoms with Crippen molar-refractivity contribution in [3.8, 4) is 0 Å². The summed E-state index contributed by atoms with van der Waals surface area (Å²) in [7, 11) is 0. The molecule has 0 aromatic carbocycles. The smallest absolute Gasteiger partial charge is 0.338 e. The molecule has 1 radical (unpaired) electrons. The van der Waals surface area contributed by atoms with E-state index in [1.807, 2.05) is 0 Å². The van der Waals surface area contributed by atoms with Crippen molar-refractivity contribution in [3.05, 3.63) is 25.3 Å². The van der Waals surface area contributed by atoms with Crippen LogP contribution in [0.5, 0.6) is 0 Å². The minimum absolute atomic E-state index is 0. The van der Waals surface area contributed by atoms with Crippen molar-refractivity contribution in [2.75, 3.05) is 0 Å². The first kappa shape index (κ1) is 12.3. The Balaban J connectivity index is 0. The maximum atomic E-state index is 10.2. The van der Waals surface area contributed by atoms with Crippen molar-refractivity contribution in [2.24, 2.45) is 0 Å². The molecule has 0 saturated carbocycles. The molecule has 0 fully saturated rings. The zero-order valence-corrected chi connectivity index (χ0v) is 7.79. The largest absolute Gasteiger partial charge is 0.387 e. The summed E-state index contributed by atoms with van der Waals surface area (Å²) in [5.74, 6) is -1.53. The average Bonchev–Trinajstić information content (AvgIpc) is 1.87. The van der Waals surface area contributed by atoms with Crippen LogP contribution in [0.25, 0.3) is 0 Å². The molecular weight excluding hydrogens is 143 g/mol. The minimum atomic E-state index is -0.764. The van der Waals surface area contributed by atoms with Crippen LogP contribution in [0.4, 0.5) is 0 Å². The van der Waals surface area contributed by atoms with E-state index in [1.165, 1.54) is 0 Å². The Morgan fingerprint density at radius 1 is 1.10 bits per heavy atom. The third kappa shape index (κ3) is 5.75. The molecule has 0 amide bonds. The van der Waals surface area contributed by atoms with E-state index in [9.17, 15) is 9.59 Å². The van der Waals surface area contributed by atoms with Crippen LogP contribution in [0.2, 0.25) is 0 Å². The van der Waals surface area contributed by atoms with Crippen LogP contribution in [-0.4, -0.2) is 41.5 Å². The van der Waals surface area contributed by atoms with E-state index in [4.69, 9.17) is 0 Å². The van der Waals surface area contributed by atoms with Crippen molar-refractivity contribution in [3.63, 3.8) is 0 Å². The van der Waals surface area contributed by atoms with Crippen LogP contribution in [0.3, 0.4) is 0 Å². The number of hydrogen-bond donors (Lipinski definition) is 0. The van der Waals surface area contributed by atoms with Gasteiger partial charge in [0, 0.05) is 41.7 Å². The van der Waals surface area contributed by atoms with E-state index in [0.717, 1.165) is 12.2 Å². The van der Waals surface area contributed by atoms with Gasteiger partial charge in [0.25, 0.3) is 0 Å². The van der Waals surface area contributed by atoms with Gasteiger partial charge in [-0.2, -0.15) is 0 Å². The summed E-state index contributed by atoms with van der Waals surface area (Å²) in [4.78, 5) is 20.3. The number of carbonyl (C=O) groups excluding carboxylic acids is 2. The number of hydrogen-bond acceptors (Lipinski definition) is 3. The van der Waals surface area contributed by atoms with Gasteiger partial charge in [-0.3, -0.25) is 0 Å². The molecule has 10 heavy (non-hydrogen) atoms. The predicted molar refractivity (Wildman–Crippen MR) is 37.2 cm³/mol. The van der Waals surface area contributed by atoms with Crippen molar-refractivity contribution in [1.82, 2.24) is 0 Å². The third-order valence-electron chi connectivity index (χ3n) is 0.535. The van der Waals surface area contributed by atoms with Gasteiger partial charge in [-0.1, -0.05) is 13.2 Å². The van der Waals surface area contributed by atoms with Crippen LogP contribution >= 0.6 is 0 Å². The molecule has 0 N–H and O–H groups in total. The van der Waals surface area contributed by atoms with Gasteiger partial charge in [-0.15, -0.1) is 0 Å². The second-order valence-corrected chi connectivity index (χ2v) is 1.15. The second kappa shape index (κ2) is 6.74. The Bertz CT molecular complexity index is 144. The van der Waals surface area contributed by atoms with Crippen LogP contribution in [0.15, 0.2) is 25.3 Å². The van der Waals surface area contributed by atoms with Crippen LogP contribution in [-0.2, 0) is 14.3 Å². The molecule has 0 atom stereocenters. The van der Waals surface area contributed by atoms with Crippen LogP contribution in [0, 0.1) is 0 Å². The first-order valence-corrected chi connectivity index (χ1v) is 2.21. The van der Waals surface area contributed by atoms with Gasteiger partial charge in [0.05, 0.1) is 0 Å². The Kier molecular flexibility index (Phi) is 8.29. The molecule has 0 spiro atoms. The molecule has 0 heterocycles. The van der Waals surface area contributed by atoms with E-state index in [-0.39, 0.29) is 29.6 Å². The molecule has 49 valence electrons. The van der Waals surface area contributed by atoms with Crippen LogP contribution in [0.1, 0.15) is 0 Å². The topological polar surface area (TPSA) is 43.4 Å². The molecule has 0 aliphatic heterocycles. The van der Waals surface area contributed by atoms with Gasteiger partial charge >= 0.3 is 11.9 Å². The van der Waals surface area contributed by atoms with E-state index in [1.54, 1.807) is 0 Å². The van der Waals surface area contributed by atoms with E-state index >= 15 is 0 Å². The van der Waals surface area contributed by atoms with Gasteiger partial charge < -0.3 is 4.74 Å². The standard InChI is InChI=1S/C6H6O3.Na/c1-3-5(7)9-6(8)4-2;/h3-4H,1-2H2;. The van der Waals surface area contributed by atoms with Crippen molar-refractivity contribution >= 4 is 41.5 Å². The summed E-state index contributed by atoms with van der Waals surface area (Å²) in [5, 5.41) is 0. The van der Waals surface area contributed by atoms with Crippen LogP contribution < -0.4 is 0 Å². The normalized spacial score (nSPS) is 6.80. The Morgan fingerprint density at radius 3 is 1.60 bits per heavy atom. The Morgan fingerprint density at radius 2 is 1.40 bits per heavy atom. The fraction of sp³-hybridized carbons (Fsp3) is 0. The molecule has 3 nitrogen and oxygen atoms in total. The maximum Gasteiger partial charge on any atom is 0.338 e. The summed E-state index contributed by atoms with van der Waals surface area (Å²) in [6, 6.07) is 0. The molecule has 0 rings (SSSR count). The fourth-order valence-corrected chi connectivity index (χ4v) is 0.182. The number of carbonyl (C=O) groups is 2. The van der Waals surface area contributed by atoms with Gasteiger partial charge in [0.15, 0.2) is 0 Å². The fourth-order valence-electron chi connectivity index (χ4n) is 0.182. The SMILES string of the molecule is C=CC(=O)OC(=O)C=C.[Na]. The quantitative estimate of drug-likeness (QED) is 0.241. The molecule has 0 aromatic rings. The Labute approximate surface area is 81.0 Å². The first-order valence-electron chi connectivity index (χ1n) is 2.21. The van der Waals surface area contributed by atoms with Gasteiger partial charge in [-0.25, -0.2) is 9.59 Å². The van der Waals surface area contributed by atoms with Crippen molar-refractivity contribution in [2.45, 2.75) is 0 Å². The van der Waals surface area contributed by atoms with E-state index in [2.05, 4.69) is 17.9 Å². The van der Waals surface area contributed by atoms with Crippen molar-refractivity contribution in [1.29, 1.82) is 0 Å². The summed E-state index contributed by atoms with van der Waals surface area (Å²) in [6.07, 6.45) is 1.81. The second-order valence-electron chi connectivity index (χ2n) is 1.15. The van der Waals surface area contributed by atoms with Gasteiger partial charge in [0.1, 0.15) is 0 Å². The zero-order chi connectivity index (χ0) is 7.28. The van der Waals surface area contributed by atoms with Crippen molar-refractivity contribution < 1.29 is 14.3 Å². The number of ether oxygens (including phenoxy) is 1. The molecule has 0 saturated heterocycles. The predicted octanol–water partition coefficient (Wildman–Crippen LogP) is 0.0474. The molecular formula is C6H6NaO3. The molecule has 0 unspecified atom stereocenters. The van der Waals surface area contributed by atoms with E-state index < -0.39 is 11.9 Å². The molecule has 0 aromatic heterocycles. The first-order chi connectivity index (χ1) is 4.20. The summed E-state index contributed by atoms with van der Waals surface area (Å²) < 4.78 is 4.03. The minimum Gasteiger partial charge on any atom is -0.387 e. The number of esters is 2. The molecule has 0 bridgehead atoms. The molecule has 4 heteroatoms. The summed E-state index contributed by atoms with van der Waals surface area (Å²) in [5.41, 5.74) is 0.